The minimum atomic E-state index is -0.294. The third-order valence-corrected chi connectivity index (χ3v) is 3.13. The van der Waals surface area contributed by atoms with Crippen LogP contribution in [0, 0.1) is 0 Å². The molecule has 0 radical (unpaired) electrons. The molecule has 1 aliphatic heterocycles. The number of rotatable bonds is 3. The van der Waals surface area contributed by atoms with Crippen molar-refractivity contribution in [1.29, 1.82) is 0 Å². The van der Waals surface area contributed by atoms with Gasteiger partial charge < -0.3 is 21.1 Å². The summed E-state index contributed by atoms with van der Waals surface area (Å²) in [5, 5.41) is 0. The molecule has 5 heteroatoms. The molecular formula is C12H17N3O2. The first-order valence-corrected chi connectivity index (χ1v) is 5.63. The Labute approximate surface area is 100 Å². The van der Waals surface area contributed by atoms with Gasteiger partial charge in [-0.3, -0.25) is 4.79 Å². The quantitative estimate of drug-likeness (QED) is 0.757. The van der Waals surface area contributed by atoms with Gasteiger partial charge in [-0.1, -0.05) is 0 Å². The molecule has 1 aliphatic rings. The number of anilines is 2. The maximum absolute atomic E-state index is 11.3. The van der Waals surface area contributed by atoms with Crippen LogP contribution < -0.4 is 21.1 Å². The monoisotopic (exact) mass is 235 g/mol. The molecule has 1 saturated heterocycles. The van der Waals surface area contributed by atoms with E-state index < -0.39 is 0 Å². The minimum absolute atomic E-state index is 0.245. The minimum Gasteiger partial charge on any atom is -0.497 e. The summed E-state index contributed by atoms with van der Waals surface area (Å²) in [6.07, 6.45) is 1.75. The number of carbonyl (C=O) groups is 1. The zero-order valence-electron chi connectivity index (χ0n) is 9.85. The molecule has 92 valence electrons. The van der Waals surface area contributed by atoms with E-state index in [0.29, 0.717) is 11.4 Å². The maximum atomic E-state index is 11.3. The lowest BCUT2D eigenvalue weighted by Gasteiger charge is -2.25. The van der Waals surface area contributed by atoms with Crippen LogP contribution in [0.3, 0.4) is 0 Å². The highest BCUT2D eigenvalue weighted by Gasteiger charge is 2.30. The zero-order valence-corrected chi connectivity index (χ0v) is 9.85. The molecule has 1 fully saturated rings. The van der Waals surface area contributed by atoms with Gasteiger partial charge in [-0.25, -0.2) is 0 Å². The number of benzene rings is 1. The zero-order chi connectivity index (χ0) is 12.4. The maximum Gasteiger partial charge on any atom is 0.240 e. The number of methoxy groups -OCH3 is 1. The Kier molecular flexibility index (Phi) is 3.08. The van der Waals surface area contributed by atoms with Gasteiger partial charge in [-0.2, -0.15) is 0 Å². The second-order valence-corrected chi connectivity index (χ2v) is 4.18. The number of carbonyl (C=O) groups excluding carboxylic acids is 1. The van der Waals surface area contributed by atoms with Gasteiger partial charge in [0.05, 0.1) is 18.5 Å². The average molecular weight is 235 g/mol. The van der Waals surface area contributed by atoms with Crippen LogP contribution in [-0.2, 0) is 4.79 Å². The van der Waals surface area contributed by atoms with Gasteiger partial charge in [0, 0.05) is 12.6 Å². The van der Waals surface area contributed by atoms with E-state index in [1.54, 1.807) is 13.2 Å². The van der Waals surface area contributed by atoms with E-state index in [1.165, 1.54) is 0 Å². The van der Waals surface area contributed by atoms with E-state index in [9.17, 15) is 4.79 Å². The fourth-order valence-electron chi connectivity index (χ4n) is 2.27. The third-order valence-electron chi connectivity index (χ3n) is 3.13. The summed E-state index contributed by atoms with van der Waals surface area (Å²) in [4.78, 5) is 13.3. The van der Waals surface area contributed by atoms with Gasteiger partial charge >= 0.3 is 0 Å². The number of nitrogens with zero attached hydrogens (tertiary/aromatic N) is 1. The SMILES string of the molecule is COc1ccc(N2CCCC2C(N)=O)c(N)c1. The lowest BCUT2D eigenvalue weighted by molar-refractivity contribution is -0.119. The summed E-state index contributed by atoms with van der Waals surface area (Å²) < 4.78 is 5.10. The number of amides is 1. The van der Waals surface area contributed by atoms with Crippen LogP contribution in [0.4, 0.5) is 11.4 Å². The second-order valence-electron chi connectivity index (χ2n) is 4.18. The Morgan fingerprint density at radius 3 is 2.88 bits per heavy atom. The highest BCUT2D eigenvalue weighted by Crippen LogP contribution is 2.32. The number of nitrogens with two attached hydrogens (primary N) is 2. The van der Waals surface area contributed by atoms with E-state index in [-0.39, 0.29) is 11.9 Å². The van der Waals surface area contributed by atoms with Crippen molar-refractivity contribution in [3.05, 3.63) is 18.2 Å². The summed E-state index contributed by atoms with van der Waals surface area (Å²) >= 11 is 0. The Morgan fingerprint density at radius 2 is 2.29 bits per heavy atom. The molecular weight excluding hydrogens is 218 g/mol. The van der Waals surface area contributed by atoms with Crippen LogP contribution in [0.1, 0.15) is 12.8 Å². The highest BCUT2D eigenvalue weighted by atomic mass is 16.5. The van der Waals surface area contributed by atoms with Gasteiger partial charge in [0.2, 0.25) is 5.91 Å². The summed E-state index contributed by atoms with van der Waals surface area (Å²) in [7, 11) is 1.59. The number of hydrogen-bond donors (Lipinski definition) is 2. The summed E-state index contributed by atoms with van der Waals surface area (Å²) in [6.45, 7) is 0.810. The predicted molar refractivity (Wildman–Crippen MR) is 67.0 cm³/mol. The number of hydrogen-bond acceptors (Lipinski definition) is 4. The molecule has 1 unspecified atom stereocenters. The Hall–Kier alpha value is -1.91. The first-order chi connectivity index (χ1) is 8.13. The second kappa shape index (κ2) is 4.53. The van der Waals surface area contributed by atoms with Crippen molar-refractivity contribution in [2.75, 3.05) is 24.3 Å². The van der Waals surface area contributed by atoms with Crippen LogP contribution in [0.25, 0.3) is 0 Å². The fourth-order valence-corrected chi connectivity index (χ4v) is 2.27. The van der Waals surface area contributed by atoms with Crippen molar-refractivity contribution in [2.45, 2.75) is 18.9 Å². The van der Waals surface area contributed by atoms with E-state index >= 15 is 0 Å². The first kappa shape index (κ1) is 11.6. The summed E-state index contributed by atoms with van der Waals surface area (Å²) in [6, 6.07) is 5.22. The van der Waals surface area contributed by atoms with E-state index in [0.717, 1.165) is 25.1 Å². The number of nitrogen functional groups attached to an aromatic ring is 1. The van der Waals surface area contributed by atoms with Crippen LogP contribution in [0.5, 0.6) is 5.75 Å². The molecule has 1 atom stereocenters. The van der Waals surface area contributed by atoms with E-state index in [4.69, 9.17) is 16.2 Å². The van der Waals surface area contributed by atoms with Crippen molar-refractivity contribution < 1.29 is 9.53 Å². The Bertz CT molecular complexity index is 434. The molecule has 5 nitrogen and oxygen atoms in total. The summed E-state index contributed by atoms with van der Waals surface area (Å²) in [5.74, 6) is 0.416. The lowest BCUT2D eigenvalue weighted by Crippen LogP contribution is -2.40. The van der Waals surface area contributed by atoms with Crippen LogP contribution in [0.2, 0.25) is 0 Å². The van der Waals surface area contributed by atoms with Crippen molar-refractivity contribution in [3.63, 3.8) is 0 Å². The molecule has 0 aliphatic carbocycles. The van der Waals surface area contributed by atoms with Crippen LogP contribution in [0.15, 0.2) is 18.2 Å². The molecule has 1 amide bonds. The molecule has 0 saturated carbocycles. The van der Waals surface area contributed by atoms with Crippen molar-refractivity contribution in [2.24, 2.45) is 5.73 Å². The topological polar surface area (TPSA) is 81.6 Å². The van der Waals surface area contributed by atoms with Crippen LogP contribution >= 0.6 is 0 Å². The van der Waals surface area contributed by atoms with Crippen molar-refractivity contribution >= 4 is 17.3 Å². The van der Waals surface area contributed by atoms with Crippen molar-refractivity contribution in [3.8, 4) is 5.75 Å². The smallest absolute Gasteiger partial charge is 0.240 e. The third kappa shape index (κ3) is 2.13. The normalized spacial score (nSPS) is 19.4. The van der Waals surface area contributed by atoms with Gasteiger partial charge in [0.15, 0.2) is 0 Å². The Morgan fingerprint density at radius 1 is 1.53 bits per heavy atom. The van der Waals surface area contributed by atoms with Gasteiger partial charge in [-0.15, -0.1) is 0 Å². The molecule has 1 aromatic rings. The van der Waals surface area contributed by atoms with E-state index in [2.05, 4.69) is 0 Å². The Balaban J connectivity index is 2.30. The molecule has 1 aromatic carbocycles. The highest BCUT2D eigenvalue weighted by molar-refractivity contribution is 5.86. The van der Waals surface area contributed by atoms with Crippen LogP contribution in [-0.4, -0.2) is 25.6 Å². The first-order valence-electron chi connectivity index (χ1n) is 5.63. The van der Waals surface area contributed by atoms with Gasteiger partial charge in [0.1, 0.15) is 11.8 Å². The molecule has 0 bridgehead atoms. The number of ether oxygens (including phenoxy) is 1. The largest absolute Gasteiger partial charge is 0.497 e. The molecule has 2 rings (SSSR count). The molecule has 17 heavy (non-hydrogen) atoms. The van der Waals surface area contributed by atoms with Gasteiger partial charge in [0.25, 0.3) is 0 Å². The van der Waals surface area contributed by atoms with E-state index in [1.807, 2.05) is 17.0 Å². The summed E-state index contributed by atoms with van der Waals surface area (Å²) in [5.41, 5.74) is 12.8. The molecule has 1 heterocycles. The van der Waals surface area contributed by atoms with Gasteiger partial charge in [-0.05, 0) is 25.0 Å². The fraction of sp³-hybridized carbons (Fsp3) is 0.417. The van der Waals surface area contributed by atoms with Crippen molar-refractivity contribution in [1.82, 2.24) is 0 Å². The average Bonchev–Trinajstić information content (AvgIpc) is 2.77. The molecule has 0 aromatic heterocycles. The standard InChI is InChI=1S/C12H17N3O2/c1-17-8-4-5-10(9(13)7-8)15-6-2-3-11(15)12(14)16/h4-5,7,11H,2-3,6,13H2,1H3,(H2,14,16). The predicted octanol–water partition coefficient (Wildman–Crippen LogP) is 0.731. The molecule has 4 N–H and O–H groups in total. The lowest BCUT2D eigenvalue weighted by atomic mass is 10.2. The molecule has 0 spiro atoms. The number of primary amides is 1.